The highest BCUT2D eigenvalue weighted by Gasteiger charge is 2.31. The van der Waals surface area contributed by atoms with Gasteiger partial charge in [0.15, 0.2) is 0 Å². The van der Waals surface area contributed by atoms with Crippen molar-refractivity contribution in [1.29, 1.82) is 0 Å². The third-order valence-corrected chi connectivity index (χ3v) is 4.59. The highest BCUT2D eigenvalue weighted by molar-refractivity contribution is 4.88. The number of rotatable bonds is 5. The molecule has 2 rings (SSSR count). The van der Waals surface area contributed by atoms with Crippen LogP contribution in [0, 0.1) is 17.3 Å². The molecule has 0 aromatic heterocycles. The molecule has 1 saturated carbocycles. The van der Waals surface area contributed by atoms with Crippen molar-refractivity contribution in [1.82, 2.24) is 10.2 Å². The second-order valence-electron chi connectivity index (χ2n) is 8.46. The number of nitrogens with one attached hydrogen (secondary N) is 1. The molecule has 1 N–H and O–H groups in total. The van der Waals surface area contributed by atoms with E-state index in [0.29, 0.717) is 11.5 Å². The second kappa shape index (κ2) is 6.13. The maximum Gasteiger partial charge on any atom is 0.0198 e. The molecule has 19 heavy (non-hydrogen) atoms. The topological polar surface area (TPSA) is 15.3 Å². The van der Waals surface area contributed by atoms with Gasteiger partial charge >= 0.3 is 0 Å². The van der Waals surface area contributed by atoms with Gasteiger partial charge in [0, 0.05) is 25.2 Å². The smallest absolute Gasteiger partial charge is 0.0198 e. The number of piperidine rings is 1. The maximum atomic E-state index is 3.84. The molecular formula is C17H34N2. The second-order valence-corrected chi connectivity index (χ2v) is 8.46. The molecule has 2 aliphatic rings. The minimum Gasteiger partial charge on any atom is -0.312 e. The normalized spacial score (nSPS) is 30.0. The summed E-state index contributed by atoms with van der Waals surface area (Å²) < 4.78 is 0. The molecule has 2 nitrogen and oxygen atoms in total. The number of nitrogens with zero attached hydrogens (tertiary/aromatic N) is 1. The lowest BCUT2D eigenvalue weighted by Gasteiger charge is -2.42. The first-order valence-corrected chi connectivity index (χ1v) is 8.31. The Balaban J connectivity index is 1.87. The molecule has 1 saturated heterocycles. The fourth-order valence-corrected chi connectivity index (χ4v) is 3.48. The van der Waals surface area contributed by atoms with E-state index >= 15 is 0 Å². The number of hydrogen-bond donors (Lipinski definition) is 1. The molecule has 0 spiro atoms. The van der Waals surface area contributed by atoms with Crippen LogP contribution in [0.5, 0.6) is 0 Å². The van der Waals surface area contributed by atoms with Gasteiger partial charge in [-0.25, -0.2) is 0 Å². The minimum absolute atomic E-state index is 0.464. The Bertz CT molecular complexity index is 275. The van der Waals surface area contributed by atoms with Crippen LogP contribution in [-0.2, 0) is 0 Å². The molecule has 2 unspecified atom stereocenters. The van der Waals surface area contributed by atoms with Crippen molar-refractivity contribution in [2.75, 3.05) is 19.6 Å². The van der Waals surface area contributed by atoms with E-state index in [0.717, 1.165) is 17.9 Å². The van der Waals surface area contributed by atoms with Crippen molar-refractivity contribution in [3.05, 3.63) is 0 Å². The third kappa shape index (κ3) is 5.43. The number of hydrogen-bond acceptors (Lipinski definition) is 2. The minimum atomic E-state index is 0.464. The van der Waals surface area contributed by atoms with Crippen molar-refractivity contribution in [3.8, 4) is 0 Å². The Morgan fingerprint density at radius 2 is 1.79 bits per heavy atom. The highest BCUT2D eigenvalue weighted by atomic mass is 15.2. The molecule has 0 aromatic carbocycles. The number of likely N-dealkylation sites (tertiary alicyclic amines) is 1. The van der Waals surface area contributed by atoms with Gasteiger partial charge in [0.05, 0.1) is 0 Å². The standard InChI is InChI=1S/C17H34N2/c1-13(2)19-11-15(9-17(3,4)5)8-16(12-19)18-10-14-6-7-14/h13-16,18H,6-12H2,1-5H3. The van der Waals surface area contributed by atoms with Crippen LogP contribution in [0.25, 0.3) is 0 Å². The van der Waals surface area contributed by atoms with Gasteiger partial charge in [-0.1, -0.05) is 20.8 Å². The van der Waals surface area contributed by atoms with Crippen molar-refractivity contribution in [2.45, 2.75) is 72.4 Å². The lowest BCUT2D eigenvalue weighted by molar-refractivity contribution is 0.0898. The van der Waals surface area contributed by atoms with E-state index in [-0.39, 0.29) is 0 Å². The van der Waals surface area contributed by atoms with Gasteiger partial charge in [-0.05, 0) is 63.3 Å². The van der Waals surface area contributed by atoms with Crippen molar-refractivity contribution in [2.24, 2.45) is 17.3 Å². The zero-order valence-corrected chi connectivity index (χ0v) is 13.7. The molecule has 0 amide bonds. The Morgan fingerprint density at radius 1 is 1.11 bits per heavy atom. The predicted molar refractivity (Wildman–Crippen MR) is 83.4 cm³/mol. The summed E-state index contributed by atoms with van der Waals surface area (Å²) in [6.07, 6.45) is 5.66. The van der Waals surface area contributed by atoms with E-state index in [4.69, 9.17) is 0 Å². The summed E-state index contributed by atoms with van der Waals surface area (Å²) >= 11 is 0. The first-order valence-electron chi connectivity index (χ1n) is 8.31. The average molecular weight is 266 g/mol. The molecule has 1 heterocycles. The summed E-state index contributed by atoms with van der Waals surface area (Å²) in [5.74, 6) is 1.86. The molecule has 2 fully saturated rings. The van der Waals surface area contributed by atoms with Crippen LogP contribution in [0.15, 0.2) is 0 Å². The van der Waals surface area contributed by atoms with Crippen LogP contribution in [0.4, 0.5) is 0 Å². The van der Waals surface area contributed by atoms with E-state index in [1.54, 1.807) is 0 Å². The van der Waals surface area contributed by atoms with Gasteiger partial charge in [-0.15, -0.1) is 0 Å². The highest BCUT2D eigenvalue weighted by Crippen LogP contribution is 2.32. The zero-order chi connectivity index (χ0) is 14.0. The van der Waals surface area contributed by atoms with Gasteiger partial charge in [0.25, 0.3) is 0 Å². The molecule has 0 radical (unpaired) electrons. The summed E-state index contributed by atoms with van der Waals surface area (Å²) in [6.45, 7) is 15.7. The van der Waals surface area contributed by atoms with Crippen LogP contribution in [-0.4, -0.2) is 36.6 Å². The Kier molecular flexibility index (Phi) is 4.94. The molecule has 112 valence electrons. The Labute approximate surface area is 120 Å². The van der Waals surface area contributed by atoms with E-state index in [2.05, 4.69) is 44.8 Å². The van der Waals surface area contributed by atoms with E-state index in [1.807, 2.05) is 0 Å². The van der Waals surface area contributed by atoms with Crippen LogP contribution >= 0.6 is 0 Å². The van der Waals surface area contributed by atoms with Crippen LogP contribution in [0.2, 0.25) is 0 Å². The van der Waals surface area contributed by atoms with E-state index < -0.39 is 0 Å². The van der Waals surface area contributed by atoms with Gasteiger partial charge in [0.1, 0.15) is 0 Å². The first kappa shape index (κ1) is 15.3. The SMILES string of the molecule is CC(C)N1CC(CC(C)(C)C)CC(NCC2CC2)C1. The largest absolute Gasteiger partial charge is 0.312 e. The summed E-state index contributed by atoms with van der Waals surface area (Å²) in [5.41, 5.74) is 0.464. The molecule has 0 aromatic rings. The lowest BCUT2D eigenvalue weighted by atomic mass is 9.79. The summed E-state index contributed by atoms with van der Waals surface area (Å²) in [7, 11) is 0. The molecule has 1 aliphatic heterocycles. The quantitative estimate of drug-likeness (QED) is 0.819. The molecule has 2 atom stereocenters. The van der Waals surface area contributed by atoms with Crippen molar-refractivity contribution >= 4 is 0 Å². The van der Waals surface area contributed by atoms with Gasteiger partial charge in [0.2, 0.25) is 0 Å². The van der Waals surface area contributed by atoms with Gasteiger partial charge < -0.3 is 5.32 Å². The lowest BCUT2D eigenvalue weighted by Crippen LogP contribution is -2.52. The van der Waals surface area contributed by atoms with Crippen molar-refractivity contribution in [3.63, 3.8) is 0 Å². The van der Waals surface area contributed by atoms with Crippen LogP contribution < -0.4 is 5.32 Å². The summed E-state index contributed by atoms with van der Waals surface area (Å²) in [6, 6.07) is 1.41. The summed E-state index contributed by atoms with van der Waals surface area (Å²) in [4.78, 5) is 2.68. The first-order chi connectivity index (χ1) is 8.83. The van der Waals surface area contributed by atoms with E-state index in [9.17, 15) is 0 Å². The molecular weight excluding hydrogens is 232 g/mol. The van der Waals surface area contributed by atoms with E-state index in [1.165, 1.54) is 45.3 Å². The van der Waals surface area contributed by atoms with Crippen LogP contribution in [0.1, 0.15) is 60.3 Å². The monoisotopic (exact) mass is 266 g/mol. The fourth-order valence-electron chi connectivity index (χ4n) is 3.48. The maximum absolute atomic E-state index is 3.84. The molecule has 1 aliphatic carbocycles. The zero-order valence-electron chi connectivity index (χ0n) is 13.7. The fraction of sp³-hybridized carbons (Fsp3) is 1.00. The molecule has 2 heteroatoms. The Morgan fingerprint density at radius 3 is 2.32 bits per heavy atom. The summed E-state index contributed by atoms with van der Waals surface area (Å²) in [5, 5.41) is 3.84. The van der Waals surface area contributed by atoms with Gasteiger partial charge in [-0.3, -0.25) is 4.90 Å². The molecule has 0 bridgehead atoms. The Hall–Kier alpha value is -0.0800. The third-order valence-electron chi connectivity index (χ3n) is 4.59. The predicted octanol–water partition coefficient (Wildman–Crippen LogP) is 3.52. The average Bonchev–Trinajstić information content (AvgIpc) is 3.07. The van der Waals surface area contributed by atoms with Crippen LogP contribution in [0.3, 0.4) is 0 Å². The van der Waals surface area contributed by atoms with Crippen molar-refractivity contribution < 1.29 is 0 Å². The van der Waals surface area contributed by atoms with Gasteiger partial charge in [-0.2, -0.15) is 0 Å².